The SMILES string of the molecule is C=CC(=O)N1CC(NC(=O)Cn2c(C)c(C(=O)N3CCc4c(cccc4OC)C3)c3cc(Br)cc(C)c32)C1. The van der Waals surface area contributed by atoms with Crippen molar-refractivity contribution in [3.63, 3.8) is 0 Å². The maximum absolute atomic E-state index is 14.0. The number of aromatic nitrogens is 1. The molecular formula is C29H31BrN4O4. The highest BCUT2D eigenvalue weighted by atomic mass is 79.9. The Balaban J connectivity index is 1.43. The van der Waals surface area contributed by atoms with E-state index >= 15 is 0 Å². The van der Waals surface area contributed by atoms with Gasteiger partial charge in [-0.1, -0.05) is 34.6 Å². The predicted octanol–water partition coefficient (Wildman–Crippen LogP) is 3.74. The van der Waals surface area contributed by atoms with E-state index in [9.17, 15) is 14.4 Å². The molecule has 9 heteroatoms. The minimum absolute atomic E-state index is 0.0461. The molecule has 1 fully saturated rings. The lowest BCUT2D eigenvalue weighted by Crippen LogP contribution is -2.61. The molecule has 1 aromatic heterocycles. The van der Waals surface area contributed by atoms with Crippen LogP contribution in [0.1, 0.15) is 32.7 Å². The van der Waals surface area contributed by atoms with Crippen LogP contribution in [0.3, 0.4) is 0 Å². The zero-order valence-corrected chi connectivity index (χ0v) is 23.4. The number of carbonyl (C=O) groups excluding carboxylic acids is 3. The molecular weight excluding hydrogens is 548 g/mol. The highest BCUT2D eigenvalue weighted by Gasteiger charge is 2.32. The van der Waals surface area contributed by atoms with Crippen LogP contribution < -0.4 is 10.1 Å². The number of rotatable bonds is 6. The molecule has 0 saturated carbocycles. The predicted molar refractivity (Wildman–Crippen MR) is 149 cm³/mol. The first-order valence-electron chi connectivity index (χ1n) is 12.7. The Kier molecular flexibility index (Phi) is 7.05. The molecule has 0 atom stereocenters. The van der Waals surface area contributed by atoms with Gasteiger partial charge >= 0.3 is 0 Å². The summed E-state index contributed by atoms with van der Waals surface area (Å²) in [4.78, 5) is 42.3. The summed E-state index contributed by atoms with van der Waals surface area (Å²) in [6.07, 6.45) is 2.00. The number of fused-ring (bicyclic) bond motifs is 2. The lowest BCUT2D eigenvalue weighted by Gasteiger charge is -2.38. The molecule has 0 bridgehead atoms. The Morgan fingerprint density at radius 2 is 1.95 bits per heavy atom. The van der Waals surface area contributed by atoms with Gasteiger partial charge in [-0.2, -0.15) is 0 Å². The lowest BCUT2D eigenvalue weighted by molar-refractivity contribution is -0.133. The standard InChI is InChI=1S/C29H31BrN4O4/c1-5-26(36)33-14-21(15-33)31-25(35)16-34-18(3)27(23-12-20(30)11-17(2)28(23)34)29(37)32-10-9-22-19(13-32)7-6-8-24(22)38-4/h5-8,11-12,21H,1,9-10,13-16H2,2-4H3,(H,31,35). The molecule has 0 unspecified atom stereocenters. The number of ether oxygens (including phenoxy) is 1. The molecule has 1 N–H and O–H groups in total. The molecule has 2 aliphatic heterocycles. The van der Waals surface area contributed by atoms with Crippen LogP contribution >= 0.6 is 15.9 Å². The van der Waals surface area contributed by atoms with Crippen molar-refractivity contribution in [3.8, 4) is 5.75 Å². The van der Waals surface area contributed by atoms with Crippen LogP contribution in [-0.4, -0.2) is 64.9 Å². The van der Waals surface area contributed by atoms with Crippen LogP contribution in [0, 0.1) is 13.8 Å². The van der Waals surface area contributed by atoms with Crippen molar-refractivity contribution in [2.75, 3.05) is 26.7 Å². The number of hydrogen-bond donors (Lipinski definition) is 1. The van der Waals surface area contributed by atoms with Gasteiger partial charge in [-0.05, 0) is 55.7 Å². The number of methoxy groups -OCH3 is 1. The summed E-state index contributed by atoms with van der Waals surface area (Å²) in [7, 11) is 1.67. The molecule has 3 heterocycles. The first-order chi connectivity index (χ1) is 18.2. The van der Waals surface area contributed by atoms with Crippen molar-refractivity contribution in [2.45, 2.75) is 39.4 Å². The molecule has 8 nitrogen and oxygen atoms in total. The van der Waals surface area contributed by atoms with E-state index in [4.69, 9.17) is 4.74 Å². The van der Waals surface area contributed by atoms with Crippen molar-refractivity contribution < 1.29 is 19.1 Å². The van der Waals surface area contributed by atoms with Crippen molar-refractivity contribution in [1.82, 2.24) is 19.7 Å². The smallest absolute Gasteiger partial charge is 0.256 e. The molecule has 38 heavy (non-hydrogen) atoms. The summed E-state index contributed by atoms with van der Waals surface area (Å²) < 4.78 is 8.34. The van der Waals surface area contributed by atoms with E-state index < -0.39 is 0 Å². The lowest BCUT2D eigenvalue weighted by atomic mass is 9.97. The maximum atomic E-state index is 14.0. The monoisotopic (exact) mass is 578 g/mol. The van der Waals surface area contributed by atoms with E-state index in [-0.39, 0.29) is 30.3 Å². The van der Waals surface area contributed by atoms with E-state index in [0.717, 1.165) is 49.9 Å². The Labute approximate surface area is 230 Å². The summed E-state index contributed by atoms with van der Waals surface area (Å²) in [5, 5.41) is 3.84. The number of likely N-dealkylation sites (tertiary alicyclic amines) is 1. The Morgan fingerprint density at radius 1 is 1.18 bits per heavy atom. The molecule has 5 rings (SSSR count). The number of carbonyl (C=O) groups is 3. The summed E-state index contributed by atoms with van der Waals surface area (Å²) in [5.41, 5.74) is 5.47. The average Bonchev–Trinajstić information content (AvgIpc) is 3.14. The van der Waals surface area contributed by atoms with Crippen LogP contribution in [0.2, 0.25) is 0 Å². The van der Waals surface area contributed by atoms with E-state index in [1.165, 1.54) is 6.08 Å². The molecule has 0 spiro atoms. The molecule has 0 radical (unpaired) electrons. The van der Waals surface area contributed by atoms with E-state index in [1.807, 2.05) is 53.6 Å². The molecule has 198 valence electrons. The third-order valence-electron chi connectivity index (χ3n) is 7.55. The van der Waals surface area contributed by atoms with Gasteiger partial charge in [0.15, 0.2) is 0 Å². The highest BCUT2D eigenvalue weighted by Crippen LogP contribution is 2.34. The molecule has 3 aromatic rings. The number of nitrogens with zero attached hydrogens (tertiary/aromatic N) is 3. The normalized spacial score (nSPS) is 15.2. The molecule has 0 aliphatic carbocycles. The van der Waals surface area contributed by atoms with Gasteiger partial charge in [-0.3, -0.25) is 14.4 Å². The third kappa shape index (κ3) is 4.60. The van der Waals surface area contributed by atoms with Gasteiger partial charge in [-0.15, -0.1) is 0 Å². The minimum Gasteiger partial charge on any atom is -0.496 e. The van der Waals surface area contributed by atoms with Gasteiger partial charge in [-0.25, -0.2) is 0 Å². The number of halogens is 1. The largest absolute Gasteiger partial charge is 0.496 e. The fourth-order valence-electron chi connectivity index (χ4n) is 5.64. The van der Waals surface area contributed by atoms with Gasteiger partial charge in [0.25, 0.3) is 5.91 Å². The van der Waals surface area contributed by atoms with Gasteiger partial charge in [0, 0.05) is 47.3 Å². The fraction of sp³-hybridized carbons (Fsp3) is 0.345. The molecule has 2 aromatic carbocycles. The van der Waals surface area contributed by atoms with Gasteiger partial charge in [0.2, 0.25) is 11.8 Å². The molecule has 3 amide bonds. The first-order valence-corrected chi connectivity index (χ1v) is 13.4. The van der Waals surface area contributed by atoms with Crippen LogP contribution in [0.15, 0.2) is 47.5 Å². The highest BCUT2D eigenvalue weighted by molar-refractivity contribution is 9.10. The zero-order valence-electron chi connectivity index (χ0n) is 21.8. The number of benzene rings is 2. The van der Waals surface area contributed by atoms with Crippen molar-refractivity contribution in [1.29, 1.82) is 0 Å². The molecule has 1 saturated heterocycles. The third-order valence-corrected chi connectivity index (χ3v) is 8.01. The number of hydrogen-bond acceptors (Lipinski definition) is 4. The summed E-state index contributed by atoms with van der Waals surface area (Å²) in [5.74, 6) is 0.526. The Morgan fingerprint density at radius 3 is 2.66 bits per heavy atom. The number of nitrogens with one attached hydrogen (secondary N) is 1. The summed E-state index contributed by atoms with van der Waals surface area (Å²) >= 11 is 3.59. The summed E-state index contributed by atoms with van der Waals surface area (Å²) in [6.45, 7) is 9.53. The van der Waals surface area contributed by atoms with Gasteiger partial charge < -0.3 is 24.4 Å². The number of amides is 3. The average molecular weight is 579 g/mol. The topological polar surface area (TPSA) is 83.9 Å². The Bertz CT molecular complexity index is 1470. The zero-order chi connectivity index (χ0) is 27.1. The van der Waals surface area contributed by atoms with Crippen LogP contribution in [0.25, 0.3) is 10.9 Å². The van der Waals surface area contributed by atoms with Gasteiger partial charge in [0.1, 0.15) is 12.3 Å². The van der Waals surface area contributed by atoms with Crippen molar-refractivity contribution in [3.05, 3.63) is 75.4 Å². The second-order valence-corrected chi connectivity index (χ2v) is 10.9. The van der Waals surface area contributed by atoms with Crippen molar-refractivity contribution >= 4 is 44.6 Å². The number of aryl methyl sites for hydroxylation is 1. The minimum atomic E-state index is -0.152. The second kappa shape index (κ2) is 10.3. The maximum Gasteiger partial charge on any atom is 0.256 e. The van der Waals surface area contributed by atoms with Gasteiger partial charge in [0.05, 0.1) is 24.2 Å². The van der Waals surface area contributed by atoms with E-state index in [2.05, 4.69) is 27.8 Å². The van der Waals surface area contributed by atoms with Crippen molar-refractivity contribution in [2.24, 2.45) is 0 Å². The van der Waals surface area contributed by atoms with E-state index in [1.54, 1.807) is 12.0 Å². The van der Waals surface area contributed by atoms with Crippen LogP contribution in [0.4, 0.5) is 0 Å². The first kappa shape index (κ1) is 26.0. The Hall–Kier alpha value is -3.59. The fourth-order valence-corrected chi connectivity index (χ4v) is 6.21. The molecule has 2 aliphatic rings. The quantitative estimate of drug-likeness (QED) is 0.452. The van der Waals surface area contributed by atoms with E-state index in [0.29, 0.717) is 31.7 Å². The van der Waals surface area contributed by atoms with Crippen LogP contribution in [-0.2, 0) is 29.1 Å². The second-order valence-electron chi connectivity index (χ2n) is 9.95. The van der Waals surface area contributed by atoms with Crippen LogP contribution in [0.5, 0.6) is 5.75 Å². The summed E-state index contributed by atoms with van der Waals surface area (Å²) in [6, 6.07) is 9.83.